The molecule has 10 nitrogen and oxygen atoms in total. The summed E-state index contributed by atoms with van der Waals surface area (Å²) >= 11 is 0. The SMILES string of the molecule is C[C@@H]1CN(c2c(C3OCCO3)cc3c(N4C(=O)OC[C@@H]4C=N)noc3c2F)C[C@@H](C)O1. The van der Waals surface area contributed by atoms with Crippen molar-refractivity contribution in [2.75, 3.05) is 42.7 Å². The number of carbonyl (C=O) groups is 1. The first-order chi connectivity index (χ1) is 15.0. The summed E-state index contributed by atoms with van der Waals surface area (Å²) in [5.74, 6) is -0.509. The number of carbonyl (C=O) groups excluding carboxylic acids is 1. The topological polar surface area (TPSA) is 110 Å². The standard InChI is InChI=1S/C20H23FN4O6/c1-10-7-24(8-11(2)30-10)16-13(19-27-3-4-28-19)5-14-17(15(16)21)31-23-18(14)25-12(6-22)9-29-20(25)26/h5-6,10-12,19,22H,3-4,7-9H2,1-2H3/t10-,11-,12+/m1/s1. The predicted molar refractivity (Wildman–Crippen MR) is 107 cm³/mol. The Hall–Kier alpha value is -2.76. The predicted octanol–water partition coefficient (Wildman–Crippen LogP) is 2.60. The van der Waals surface area contributed by atoms with Gasteiger partial charge >= 0.3 is 6.09 Å². The number of halogens is 1. The van der Waals surface area contributed by atoms with Gasteiger partial charge in [-0.05, 0) is 19.9 Å². The van der Waals surface area contributed by atoms with E-state index in [-0.39, 0.29) is 35.6 Å². The van der Waals surface area contributed by atoms with Gasteiger partial charge in [-0.3, -0.25) is 0 Å². The summed E-state index contributed by atoms with van der Waals surface area (Å²) in [6.07, 6.45) is -0.519. The molecular weight excluding hydrogens is 411 g/mol. The van der Waals surface area contributed by atoms with Crippen molar-refractivity contribution in [3.05, 3.63) is 17.4 Å². The van der Waals surface area contributed by atoms with Crippen LogP contribution in [0.3, 0.4) is 0 Å². The van der Waals surface area contributed by atoms with Crippen LogP contribution in [0.1, 0.15) is 25.7 Å². The summed E-state index contributed by atoms with van der Waals surface area (Å²) in [5.41, 5.74) is 0.728. The fourth-order valence-corrected chi connectivity index (χ4v) is 4.41. The highest BCUT2D eigenvalue weighted by Gasteiger charge is 2.39. The maximum Gasteiger partial charge on any atom is 0.416 e. The minimum atomic E-state index is -0.755. The van der Waals surface area contributed by atoms with Crippen LogP contribution in [0.2, 0.25) is 0 Å². The Kier molecular flexibility index (Phi) is 5.03. The minimum Gasteiger partial charge on any atom is -0.446 e. The number of fused-ring (bicyclic) bond motifs is 1. The van der Waals surface area contributed by atoms with Gasteiger partial charge in [0.2, 0.25) is 5.58 Å². The Bertz CT molecular complexity index is 1010. The fraction of sp³-hybridized carbons (Fsp3) is 0.550. The van der Waals surface area contributed by atoms with Crippen LogP contribution in [-0.2, 0) is 18.9 Å². The summed E-state index contributed by atoms with van der Waals surface area (Å²) in [5, 5.41) is 11.8. The van der Waals surface area contributed by atoms with E-state index in [1.807, 2.05) is 18.7 Å². The number of benzene rings is 1. The minimum absolute atomic E-state index is 0.0164. The number of nitrogens with one attached hydrogen (secondary N) is 1. The molecule has 1 N–H and O–H groups in total. The lowest BCUT2D eigenvalue weighted by molar-refractivity contribution is -0.0445. The molecule has 3 fully saturated rings. The monoisotopic (exact) mass is 434 g/mol. The number of hydrogen-bond donors (Lipinski definition) is 1. The second kappa shape index (κ2) is 7.74. The summed E-state index contributed by atoms with van der Waals surface area (Å²) in [4.78, 5) is 15.3. The molecule has 1 aromatic carbocycles. The summed E-state index contributed by atoms with van der Waals surface area (Å²) < 4.78 is 43.5. The Morgan fingerprint density at radius 3 is 2.61 bits per heavy atom. The molecule has 5 rings (SSSR count). The molecule has 3 saturated heterocycles. The van der Waals surface area contributed by atoms with E-state index in [4.69, 9.17) is 28.9 Å². The number of cyclic esters (lactones) is 1. The van der Waals surface area contributed by atoms with Crippen LogP contribution >= 0.6 is 0 Å². The molecule has 3 aliphatic rings. The number of nitrogens with zero attached hydrogens (tertiary/aromatic N) is 3. The molecular formula is C20H23FN4O6. The van der Waals surface area contributed by atoms with Gasteiger partial charge < -0.3 is 33.8 Å². The lowest BCUT2D eigenvalue weighted by Gasteiger charge is -2.38. The third-order valence-electron chi connectivity index (χ3n) is 5.63. The van der Waals surface area contributed by atoms with E-state index in [1.165, 1.54) is 4.90 Å². The number of rotatable bonds is 4. The molecule has 31 heavy (non-hydrogen) atoms. The van der Waals surface area contributed by atoms with Crippen molar-refractivity contribution >= 4 is 34.8 Å². The molecule has 0 saturated carbocycles. The second-order valence-electron chi connectivity index (χ2n) is 7.93. The van der Waals surface area contributed by atoms with E-state index in [0.717, 1.165) is 6.21 Å². The molecule has 166 valence electrons. The second-order valence-corrected chi connectivity index (χ2v) is 7.93. The molecule has 0 spiro atoms. The first kappa shape index (κ1) is 20.2. The smallest absolute Gasteiger partial charge is 0.416 e. The number of ether oxygens (including phenoxy) is 4. The van der Waals surface area contributed by atoms with E-state index in [9.17, 15) is 4.79 Å². The highest BCUT2D eigenvalue weighted by atomic mass is 19.1. The first-order valence-electron chi connectivity index (χ1n) is 10.2. The zero-order chi connectivity index (χ0) is 21.7. The van der Waals surface area contributed by atoms with Crippen molar-refractivity contribution in [2.24, 2.45) is 0 Å². The Labute approximate surface area is 177 Å². The van der Waals surface area contributed by atoms with E-state index < -0.39 is 24.2 Å². The highest BCUT2D eigenvalue weighted by Crippen LogP contribution is 2.42. The molecule has 0 unspecified atom stereocenters. The zero-order valence-corrected chi connectivity index (χ0v) is 17.2. The van der Waals surface area contributed by atoms with Gasteiger partial charge in [0.1, 0.15) is 12.6 Å². The Morgan fingerprint density at radius 1 is 1.23 bits per heavy atom. The number of anilines is 2. The summed E-state index contributed by atoms with van der Waals surface area (Å²) in [6, 6.07) is 1.04. The molecule has 1 aromatic heterocycles. The average Bonchev–Trinajstić information content (AvgIpc) is 3.46. The van der Waals surface area contributed by atoms with Crippen molar-refractivity contribution in [3.8, 4) is 0 Å². The Morgan fingerprint density at radius 2 is 1.94 bits per heavy atom. The van der Waals surface area contributed by atoms with Crippen molar-refractivity contribution in [1.82, 2.24) is 5.16 Å². The lowest BCUT2D eigenvalue weighted by Crippen LogP contribution is -2.46. The van der Waals surface area contributed by atoms with Gasteiger partial charge in [0.05, 0.1) is 36.5 Å². The first-order valence-corrected chi connectivity index (χ1v) is 10.2. The Balaban J connectivity index is 1.67. The summed E-state index contributed by atoms with van der Waals surface area (Å²) in [6.45, 7) is 5.65. The van der Waals surface area contributed by atoms with Gasteiger partial charge in [-0.2, -0.15) is 0 Å². The fourth-order valence-electron chi connectivity index (χ4n) is 4.41. The van der Waals surface area contributed by atoms with E-state index in [2.05, 4.69) is 5.16 Å². The quantitative estimate of drug-likeness (QED) is 0.732. The maximum absolute atomic E-state index is 15.9. The normalized spacial score (nSPS) is 27.3. The van der Waals surface area contributed by atoms with Crippen molar-refractivity contribution < 1.29 is 32.7 Å². The van der Waals surface area contributed by atoms with Gasteiger partial charge in [-0.1, -0.05) is 5.16 Å². The van der Waals surface area contributed by atoms with E-state index in [0.29, 0.717) is 37.6 Å². The van der Waals surface area contributed by atoms with Crippen LogP contribution in [0.15, 0.2) is 10.6 Å². The average molecular weight is 434 g/mol. The van der Waals surface area contributed by atoms with Gasteiger partial charge in [0.15, 0.2) is 17.9 Å². The maximum atomic E-state index is 15.9. The molecule has 4 heterocycles. The number of morpholine rings is 1. The molecule has 11 heteroatoms. The van der Waals surface area contributed by atoms with E-state index >= 15 is 4.39 Å². The highest BCUT2D eigenvalue weighted by molar-refractivity contribution is 6.03. The van der Waals surface area contributed by atoms with Crippen LogP contribution in [0.25, 0.3) is 11.0 Å². The van der Waals surface area contributed by atoms with Crippen LogP contribution in [0, 0.1) is 11.2 Å². The molecule has 0 radical (unpaired) electrons. The van der Waals surface area contributed by atoms with Crippen molar-refractivity contribution in [3.63, 3.8) is 0 Å². The van der Waals surface area contributed by atoms with Crippen LogP contribution < -0.4 is 9.80 Å². The van der Waals surface area contributed by atoms with Crippen LogP contribution in [0.5, 0.6) is 0 Å². The third kappa shape index (κ3) is 3.33. The molecule has 0 bridgehead atoms. The largest absolute Gasteiger partial charge is 0.446 e. The zero-order valence-electron chi connectivity index (χ0n) is 17.2. The number of aromatic nitrogens is 1. The van der Waals surface area contributed by atoms with Gasteiger partial charge in [0, 0.05) is 24.9 Å². The van der Waals surface area contributed by atoms with Crippen LogP contribution in [0.4, 0.5) is 20.7 Å². The molecule has 0 aliphatic carbocycles. The van der Waals surface area contributed by atoms with Gasteiger partial charge in [-0.15, -0.1) is 0 Å². The van der Waals surface area contributed by atoms with Crippen LogP contribution in [-0.4, -0.2) is 68.6 Å². The number of hydrogen-bond acceptors (Lipinski definition) is 9. The lowest BCUT2D eigenvalue weighted by atomic mass is 10.0. The molecule has 1 amide bonds. The van der Waals surface area contributed by atoms with E-state index in [1.54, 1.807) is 6.07 Å². The molecule has 3 aliphatic heterocycles. The third-order valence-corrected chi connectivity index (χ3v) is 5.63. The van der Waals surface area contributed by atoms with Crippen molar-refractivity contribution in [2.45, 2.75) is 38.4 Å². The molecule has 3 atom stereocenters. The van der Waals surface area contributed by atoms with Crippen molar-refractivity contribution in [1.29, 1.82) is 5.41 Å². The molecule has 2 aromatic rings. The van der Waals surface area contributed by atoms with Gasteiger partial charge in [0.25, 0.3) is 0 Å². The number of amides is 1. The summed E-state index contributed by atoms with van der Waals surface area (Å²) in [7, 11) is 0. The van der Waals surface area contributed by atoms with Gasteiger partial charge in [-0.25, -0.2) is 14.1 Å².